The molecule has 1 unspecified atom stereocenters. The first-order valence-corrected chi connectivity index (χ1v) is 16.2. The number of rotatable bonds is 12. The van der Waals surface area contributed by atoms with Crippen LogP contribution in [-0.4, -0.2) is 50.0 Å². The van der Waals surface area contributed by atoms with E-state index in [2.05, 4.69) is 5.32 Å². The summed E-state index contributed by atoms with van der Waals surface area (Å²) >= 11 is 18.4. The molecule has 3 rings (SSSR count). The summed E-state index contributed by atoms with van der Waals surface area (Å²) in [6, 6.07) is 11.2. The Bertz CT molecular complexity index is 1240. The molecule has 214 valence electrons. The molecule has 39 heavy (non-hydrogen) atoms. The van der Waals surface area contributed by atoms with Crippen molar-refractivity contribution >= 4 is 62.3 Å². The third-order valence-electron chi connectivity index (χ3n) is 6.93. The number of halogens is 3. The second-order valence-corrected chi connectivity index (χ2v) is 13.1. The molecule has 2 amide bonds. The van der Waals surface area contributed by atoms with Crippen LogP contribution in [0.4, 0.5) is 5.69 Å². The Morgan fingerprint density at radius 3 is 2.26 bits per heavy atom. The predicted octanol–water partition coefficient (Wildman–Crippen LogP) is 6.45. The summed E-state index contributed by atoms with van der Waals surface area (Å²) in [6.07, 6.45) is 7.05. The maximum absolute atomic E-state index is 13.6. The van der Waals surface area contributed by atoms with Gasteiger partial charge in [-0.3, -0.25) is 13.9 Å². The summed E-state index contributed by atoms with van der Waals surface area (Å²) in [7, 11) is -3.69. The first-order valence-electron chi connectivity index (χ1n) is 13.3. The van der Waals surface area contributed by atoms with Gasteiger partial charge in [0.2, 0.25) is 21.8 Å². The molecule has 2 aromatic rings. The van der Waals surface area contributed by atoms with E-state index in [4.69, 9.17) is 34.8 Å². The molecule has 7 nitrogen and oxygen atoms in total. The number of amides is 2. The summed E-state index contributed by atoms with van der Waals surface area (Å²) in [5, 5.41) is 4.33. The van der Waals surface area contributed by atoms with Crippen molar-refractivity contribution in [3.05, 3.63) is 63.1 Å². The number of carbonyl (C=O) groups excluding carboxylic acids is 2. The van der Waals surface area contributed by atoms with Gasteiger partial charge < -0.3 is 10.2 Å². The second kappa shape index (κ2) is 14.6. The number of benzene rings is 2. The van der Waals surface area contributed by atoms with E-state index in [0.717, 1.165) is 41.8 Å². The van der Waals surface area contributed by atoms with Crippen LogP contribution < -0.4 is 9.62 Å². The van der Waals surface area contributed by atoms with Crippen molar-refractivity contribution in [3.8, 4) is 0 Å². The highest BCUT2D eigenvalue weighted by Gasteiger charge is 2.30. The number of hydrogen-bond donors (Lipinski definition) is 1. The molecule has 11 heteroatoms. The average Bonchev–Trinajstić information content (AvgIpc) is 2.89. The zero-order valence-electron chi connectivity index (χ0n) is 22.3. The summed E-state index contributed by atoms with van der Waals surface area (Å²) < 4.78 is 26.3. The lowest BCUT2D eigenvalue weighted by molar-refractivity contribution is -0.141. The van der Waals surface area contributed by atoms with Crippen LogP contribution in [0.1, 0.15) is 63.9 Å². The van der Waals surface area contributed by atoms with Crippen molar-refractivity contribution < 1.29 is 18.0 Å². The number of anilines is 1. The Hall–Kier alpha value is -2.00. The molecule has 0 saturated heterocycles. The van der Waals surface area contributed by atoms with Gasteiger partial charge in [-0.2, -0.15) is 0 Å². The van der Waals surface area contributed by atoms with Gasteiger partial charge in [0.1, 0.15) is 6.04 Å². The number of hydrogen-bond acceptors (Lipinski definition) is 4. The highest BCUT2D eigenvalue weighted by molar-refractivity contribution is 7.92. The number of nitrogens with zero attached hydrogens (tertiary/aromatic N) is 2. The fourth-order valence-electron chi connectivity index (χ4n) is 4.91. The second-order valence-electron chi connectivity index (χ2n) is 9.95. The zero-order valence-corrected chi connectivity index (χ0v) is 25.4. The fourth-order valence-corrected chi connectivity index (χ4v) is 6.44. The Balaban J connectivity index is 1.77. The molecule has 0 spiro atoms. The van der Waals surface area contributed by atoms with E-state index < -0.39 is 16.1 Å². The van der Waals surface area contributed by atoms with Crippen molar-refractivity contribution in [3.63, 3.8) is 0 Å². The molecule has 0 bridgehead atoms. The quantitative estimate of drug-likeness (QED) is 0.297. The van der Waals surface area contributed by atoms with Crippen LogP contribution in [0.3, 0.4) is 0 Å². The van der Waals surface area contributed by atoms with E-state index in [0.29, 0.717) is 16.5 Å². The summed E-state index contributed by atoms with van der Waals surface area (Å²) in [5.74, 6) is -0.392. The van der Waals surface area contributed by atoms with Crippen molar-refractivity contribution in [1.82, 2.24) is 10.2 Å². The first kappa shape index (κ1) is 31.5. The van der Waals surface area contributed by atoms with Crippen LogP contribution in [0.25, 0.3) is 0 Å². The highest BCUT2D eigenvalue weighted by Crippen LogP contribution is 2.31. The molecule has 2 aromatic carbocycles. The van der Waals surface area contributed by atoms with Gasteiger partial charge in [-0.15, -0.1) is 0 Å². The van der Waals surface area contributed by atoms with E-state index in [1.165, 1.54) is 18.6 Å². The topological polar surface area (TPSA) is 86.8 Å². The minimum Gasteiger partial charge on any atom is -0.352 e. The van der Waals surface area contributed by atoms with Gasteiger partial charge in [0, 0.05) is 35.6 Å². The Kier molecular flexibility index (Phi) is 11.8. The maximum Gasteiger partial charge on any atom is 0.243 e. The maximum atomic E-state index is 13.6. The Labute approximate surface area is 246 Å². The van der Waals surface area contributed by atoms with Gasteiger partial charge in [-0.1, -0.05) is 73.1 Å². The summed E-state index contributed by atoms with van der Waals surface area (Å²) in [5.41, 5.74) is 1.11. The van der Waals surface area contributed by atoms with Gasteiger partial charge in [0.05, 0.1) is 17.0 Å². The minimum atomic E-state index is -3.69. The lowest BCUT2D eigenvalue weighted by Crippen LogP contribution is -2.51. The summed E-state index contributed by atoms with van der Waals surface area (Å²) in [4.78, 5) is 28.6. The normalized spacial score (nSPS) is 15.0. The van der Waals surface area contributed by atoms with Crippen LogP contribution in [0.2, 0.25) is 15.1 Å². The lowest BCUT2D eigenvalue weighted by Gasteiger charge is -2.33. The standard InChI is InChI=1S/C28H36Cl3N3O4S/c1-3-25(28(36)32-23-8-5-4-6-9-23)33(19-20-11-13-21(29)14-12-20)27(35)10-7-17-34(39(2,37)38)26-18-22(30)15-16-24(26)31/h11-16,18,23,25H,3-10,17,19H2,1-2H3,(H,32,36). The molecule has 1 aliphatic rings. The zero-order chi connectivity index (χ0) is 28.6. The predicted molar refractivity (Wildman–Crippen MR) is 159 cm³/mol. The molecule has 1 atom stereocenters. The van der Waals surface area contributed by atoms with Crippen LogP contribution in [0.5, 0.6) is 0 Å². The van der Waals surface area contributed by atoms with Crippen molar-refractivity contribution in [1.29, 1.82) is 0 Å². The minimum absolute atomic E-state index is 0.0322. The molecule has 0 heterocycles. The fraction of sp³-hybridized carbons (Fsp3) is 0.500. The van der Waals surface area contributed by atoms with Gasteiger partial charge in [-0.05, 0) is 61.6 Å². The van der Waals surface area contributed by atoms with Crippen molar-refractivity contribution in [2.24, 2.45) is 0 Å². The van der Waals surface area contributed by atoms with E-state index in [1.807, 2.05) is 19.1 Å². The van der Waals surface area contributed by atoms with E-state index in [1.54, 1.807) is 23.1 Å². The molecule has 0 aromatic heterocycles. The monoisotopic (exact) mass is 615 g/mol. The molecular weight excluding hydrogens is 581 g/mol. The Morgan fingerprint density at radius 1 is 1.00 bits per heavy atom. The average molecular weight is 617 g/mol. The summed E-state index contributed by atoms with van der Waals surface area (Å²) in [6.45, 7) is 2.16. The van der Waals surface area contributed by atoms with E-state index in [-0.39, 0.29) is 54.5 Å². The smallest absolute Gasteiger partial charge is 0.243 e. The van der Waals surface area contributed by atoms with Gasteiger partial charge in [0.15, 0.2) is 0 Å². The number of carbonyl (C=O) groups is 2. The molecule has 1 fully saturated rings. The molecular formula is C28H36Cl3N3O4S. The molecule has 1 aliphatic carbocycles. The molecule has 1 saturated carbocycles. The van der Waals surface area contributed by atoms with E-state index in [9.17, 15) is 18.0 Å². The first-order chi connectivity index (χ1) is 18.5. The van der Waals surface area contributed by atoms with E-state index >= 15 is 0 Å². The van der Waals surface area contributed by atoms with Crippen molar-refractivity contribution in [2.75, 3.05) is 17.1 Å². The third kappa shape index (κ3) is 9.27. The number of sulfonamides is 1. The Morgan fingerprint density at radius 2 is 1.64 bits per heavy atom. The van der Waals surface area contributed by atoms with Crippen LogP contribution in [-0.2, 0) is 26.2 Å². The third-order valence-corrected chi connectivity index (χ3v) is 8.92. The highest BCUT2D eigenvalue weighted by atomic mass is 35.5. The molecule has 0 aliphatic heterocycles. The number of nitrogens with one attached hydrogen (secondary N) is 1. The molecule has 1 N–H and O–H groups in total. The largest absolute Gasteiger partial charge is 0.352 e. The van der Waals surface area contributed by atoms with Crippen molar-refractivity contribution in [2.45, 2.75) is 76.9 Å². The van der Waals surface area contributed by atoms with Gasteiger partial charge in [-0.25, -0.2) is 8.42 Å². The van der Waals surface area contributed by atoms with Crippen LogP contribution >= 0.6 is 34.8 Å². The van der Waals surface area contributed by atoms with Crippen LogP contribution in [0, 0.1) is 0 Å². The molecule has 0 radical (unpaired) electrons. The SMILES string of the molecule is CCC(C(=O)NC1CCCCC1)N(Cc1ccc(Cl)cc1)C(=O)CCCN(c1cc(Cl)ccc1Cl)S(C)(=O)=O. The van der Waals surface area contributed by atoms with Crippen LogP contribution in [0.15, 0.2) is 42.5 Å². The van der Waals surface area contributed by atoms with Gasteiger partial charge >= 0.3 is 0 Å². The lowest BCUT2D eigenvalue weighted by atomic mass is 9.95. The van der Waals surface area contributed by atoms with Gasteiger partial charge in [0.25, 0.3) is 0 Å².